The van der Waals surface area contributed by atoms with E-state index < -0.39 is 0 Å². The number of hydrogen-bond donors (Lipinski definition) is 1. The highest BCUT2D eigenvalue weighted by molar-refractivity contribution is 8.23. The second-order valence-corrected chi connectivity index (χ2v) is 11.8. The number of hydrogen-bond acceptors (Lipinski definition) is 6. The van der Waals surface area contributed by atoms with Gasteiger partial charge >= 0.3 is 0 Å². The molecule has 33 heavy (non-hydrogen) atoms. The Balaban J connectivity index is 1.20. The van der Waals surface area contributed by atoms with Gasteiger partial charge in [0.15, 0.2) is 0 Å². The van der Waals surface area contributed by atoms with Crippen LogP contribution in [-0.2, 0) is 24.2 Å². The van der Waals surface area contributed by atoms with Crippen molar-refractivity contribution in [3.63, 3.8) is 0 Å². The topological polar surface area (TPSA) is 78.1 Å². The lowest BCUT2D eigenvalue weighted by Gasteiger charge is -2.43. The van der Waals surface area contributed by atoms with E-state index in [-0.39, 0.29) is 17.2 Å². The number of anilines is 1. The van der Waals surface area contributed by atoms with Gasteiger partial charge in [-0.25, -0.2) is 0 Å². The summed E-state index contributed by atoms with van der Waals surface area (Å²) < 4.78 is 2.64. The zero-order valence-corrected chi connectivity index (χ0v) is 20.8. The summed E-state index contributed by atoms with van der Waals surface area (Å²) in [7, 11) is 0. The summed E-state index contributed by atoms with van der Waals surface area (Å²) in [6.45, 7) is 2.33. The molecule has 1 fully saturated rings. The maximum atomic E-state index is 12.7. The van der Waals surface area contributed by atoms with Crippen molar-refractivity contribution in [1.29, 1.82) is 5.26 Å². The molecule has 0 unspecified atom stereocenters. The zero-order chi connectivity index (χ0) is 22.9. The summed E-state index contributed by atoms with van der Waals surface area (Å²) in [5, 5.41) is 13.3. The fourth-order valence-corrected chi connectivity index (χ4v) is 7.62. The van der Waals surface area contributed by atoms with Gasteiger partial charge < -0.3 is 14.8 Å². The van der Waals surface area contributed by atoms with E-state index in [1.165, 1.54) is 23.1 Å². The van der Waals surface area contributed by atoms with Crippen LogP contribution in [0.3, 0.4) is 0 Å². The van der Waals surface area contributed by atoms with Crippen LogP contribution in [0.1, 0.15) is 53.3 Å². The Hall–Kier alpha value is -2.15. The van der Waals surface area contributed by atoms with Gasteiger partial charge in [-0.1, -0.05) is 36.5 Å². The summed E-state index contributed by atoms with van der Waals surface area (Å²) in [6.07, 6.45) is 6.45. The van der Waals surface area contributed by atoms with Gasteiger partial charge in [-0.15, -0.1) is 11.3 Å². The van der Waals surface area contributed by atoms with Crippen LogP contribution in [0.15, 0.2) is 23.0 Å². The minimum absolute atomic E-state index is 0.0758. The van der Waals surface area contributed by atoms with E-state index in [2.05, 4.69) is 16.3 Å². The van der Waals surface area contributed by atoms with Gasteiger partial charge in [0.05, 0.1) is 11.3 Å². The molecule has 2 bridgehead atoms. The number of nitriles is 1. The molecule has 9 heteroatoms. The lowest BCUT2D eigenvalue weighted by molar-refractivity contribution is -0.113. The Morgan fingerprint density at radius 1 is 1.24 bits per heavy atom. The third-order valence-corrected chi connectivity index (χ3v) is 9.58. The van der Waals surface area contributed by atoms with E-state index in [4.69, 9.17) is 12.2 Å². The molecule has 2 atom stereocenters. The summed E-state index contributed by atoms with van der Waals surface area (Å²) in [5.41, 5.74) is 2.95. The lowest BCUT2D eigenvalue weighted by Crippen LogP contribution is -2.48. The number of likely N-dealkylation sites (tertiary alicyclic amines) is 1. The molecule has 5 rings (SSSR count). The SMILES string of the molecule is N#Cc1c(NC(=O)CSC(=S)N2C[C@@H]3C[C@H](C2)c2cccc(=O)n2C3)sc2c1CCCCC2. The molecule has 1 saturated heterocycles. The van der Waals surface area contributed by atoms with Crippen molar-refractivity contribution in [3.05, 3.63) is 50.3 Å². The van der Waals surface area contributed by atoms with Gasteiger partial charge in [0, 0.05) is 42.2 Å². The van der Waals surface area contributed by atoms with Crippen molar-refractivity contribution in [1.82, 2.24) is 9.47 Å². The lowest BCUT2D eigenvalue weighted by atomic mass is 9.83. The number of thioether (sulfide) groups is 1. The van der Waals surface area contributed by atoms with Crippen LogP contribution in [0.5, 0.6) is 0 Å². The van der Waals surface area contributed by atoms with Crippen molar-refractivity contribution < 1.29 is 4.79 Å². The van der Waals surface area contributed by atoms with Gasteiger partial charge in [0.25, 0.3) is 5.56 Å². The smallest absolute Gasteiger partial charge is 0.250 e. The van der Waals surface area contributed by atoms with Crippen LogP contribution in [0.2, 0.25) is 0 Å². The molecule has 0 spiro atoms. The van der Waals surface area contributed by atoms with Gasteiger partial charge in [-0.2, -0.15) is 5.26 Å². The molecule has 6 nitrogen and oxygen atoms in total. The Morgan fingerprint density at radius 2 is 2.09 bits per heavy atom. The second-order valence-electron chi connectivity index (χ2n) is 9.09. The van der Waals surface area contributed by atoms with E-state index in [1.807, 2.05) is 16.7 Å². The average Bonchev–Trinajstić information content (AvgIpc) is 2.96. The van der Waals surface area contributed by atoms with Gasteiger partial charge in [0.1, 0.15) is 15.4 Å². The number of carbonyl (C=O) groups excluding carboxylic acids is 1. The van der Waals surface area contributed by atoms with E-state index in [0.717, 1.165) is 67.3 Å². The monoisotopic (exact) mass is 498 g/mol. The third kappa shape index (κ3) is 4.61. The van der Waals surface area contributed by atoms with E-state index >= 15 is 0 Å². The molecule has 0 aromatic carbocycles. The normalized spacial score (nSPS) is 21.4. The molecule has 3 aliphatic rings. The summed E-state index contributed by atoms with van der Waals surface area (Å²) in [5.74, 6) is 0.792. The Morgan fingerprint density at radius 3 is 2.94 bits per heavy atom. The molecule has 172 valence electrons. The molecule has 0 radical (unpaired) electrons. The number of rotatable bonds is 3. The van der Waals surface area contributed by atoms with Gasteiger partial charge in [0.2, 0.25) is 5.91 Å². The van der Waals surface area contributed by atoms with Crippen molar-refractivity contribution in [3.8, 4) is 6.07 Å². The van der Waals surface area contributed by atoms with E-state index in [9.17, 15) is 14.9 Å². The molecule has 1 aliphatic carbocycles. The first kappa shape index (κ1) is 22.6. The number of fused-ring (bicyclic) bond motifs is 5. The quantitative estimate of drug-likeness (QED) is 0.507. The molecule has 2 aliphatic heterocycles. The minimum atomic E-state index is -0.121. The predicted molar refractivity (Wildman–Crippen MR) is 137 cm³/mol. The number of nitrogens with zero attached hydrogens (tertiary/aromatic N) is 3. The fraction of sp³-hybridized carbons (Fsp3) is 0.500. The Labute approximate surface area is 207 Å². The molecule has 1 amide bonds. The third-order valence-electron chi connectivity index (χ3n) is 6.85. The maximum absolute atomic E-state index is 12.7. The van der Waals surface area contributed by atoms with Crippen LogP contribution < -0.4 is 10.9 Å². The summed E-state index contributed by atoms with van der Waals surface area (Å²) in [4.78, 5) is 28.4. The van der Waals surface area contributed by atoms with Crippen LogP contribution in [0, 0.1) is 17.2 Å². The number of aryl methyl sites for hydroxylation is 1. The highest BCUT2D eigenvalue weighted by Crippen LogP contribution is 2.38. The van der Waals surface area contributed by atoms with Crippen LogP contribution in [0.4, 0.5) is 5.00 Å². The van der Waals surface area contributed by atoms with Crippen LogP contribution in [-0.4, -0.2) is 38.5 Å². The molecule has 1 N–H and O–H groups in total. The Bertz CT molecular complexity index is 1200. The summed E-state index contributed by atoms with van der Waals surface area (Å²) >= 11 is 8.63. The Kier molecular flexibility index (Phi) is 6.59. The highest BCUT2D eigenvalue weighted by Gasteiger charge is 2.35. The fourth-order valence-electron chi connectivity index (χ4n) is 5.38. The standard InChI is InChI=1S/C24H26N4O2S3/c25-10-18-17-5-2-1-3-7-20(17)33-23(18)26-21(29)14-32-24(31)27-11-15-9-16(13-27)19-6-4-8-22(30)28(19)12-15/h4,6,8,15-16H,1-3,5,7,9,11-14H2,(H,26,29)/t15-,16+/m0/s1. The molecule has 2 aromatic heterocycles. The number of piperidine rings is 1. The summed E-state index contributed by atoms with van der Waals surface area (Å²) in [6, 6.07) is 7.83. The number of amides is 1. The minimum Gasteiger partial charge on any atom is -0.356 e. The van der Waals surface area contributed by atoms with Crippen LogP contribution in [0.25, 0.3) is 0 Å². The highest BCUT2D eigenvalue weighted by atomic mass is 32.2. The number of aromatic nitrogens is 1. The number of pyridine rings is 1. The number of thiophene rings is 1. The van der Waals surface area contributed by atoms with E-state index in [1.54, 1.807) is 17.4 Å². The van der Waals surface area contributed by atoms with Gasteiger partial charge in [-0.3, -0.25) is 9.59 Å². The molecule has 2 aromatic rings. The largest absolute Gasteiger partial charge is 0.356 e. The first-order valence-electron chi connectivity index (χ1n) is 11.5. The van der Waals surface area contributed by atoms with Crippen molar-refractivity contribution in [2.45, 2.75) is 51.0 Å². The molecular formula is C24H26N4O2S3. The molecular weight excluding hydrogens is 472 g/mol. The first-order valence-corrected chi connectivity index (χ1v) is 13.7. The maximum Gasteiger partial charge on any atom is 0.250 e. The average molecular weight is 499 g/mol. The van der Waals surface area contributed by atoms with E-state index in [0.29, 0.717) is 22.4 Å². The van der Waals surface area contributed by atoms with Crippen LogP contribution >= 0.6 is 35.3 Å². The van der Waals surface area contributed by atoms with Crippen molar-refractivity contribution in [2.24, 2.45) is 5.92 Å². The number of nitrogens with one attached hydrogen (secondary N) is 1. The molecule has 0 saturated carbocycles. The second kappa shape index (κ2) is 9.61. The first-order chi connectivity index (χ1) is 16.0. The van der Waals surface area contributed by atoms with Gasteiger partial charge in [-0.05, 0) is 49.7 Å². The number of carbonyl (C=O) groups is 1. The van der Waals surface area contributed by atoms with Crippen molar-refractivity contribution in [2.75, 3.05) is 24.2 Å². The number of thiocarbonyl (C=S) groups is 1. The van der Waals surface area contributed by atoms with Crippen molar-refractivity contribution >= 4 is 50.5 Å². The molecule has 4 heterocycles. The zero-order valence-electron chi connectivity index (χ0n) is 18.3. The predicted octanol–water partition coefficient (Wildman–Crippen LogP) is 4.13.